The van der Waals surface area contributed by atoms with E-state index in [1.807, 2.05) is 18.2 Å². The van der Waals surface area contributed by atoms with Crippen molar-refractivity contribution in [2.45, 2.75) is 18.3 Å². The normalized spacial score (nSPS) is 29.5. The SMILES string of the molecule is OCC1COC(CCBr)(c2ccccn2)O1. The number of alkyl halides is 1. The molecule has 1 aromatic heterocycles. The van der Waals surface area contributed by atoms with Gasteiger partial charge in [0.25, 0.3) is 0 Å². The number of ether oxygens (including phenoxy) is 2. The molecule has 4 nitrogen and oxygen atoms in total. The van der Waals surface area contributed by atoms with E-state index in [1.54, 1.807) is 6.20 Å². The number of hydrogen-bond donors (Lipinski definition) is 1. The molecule has 2 unspecified atom stereocenters. The highest BCUT2D eigenvalue weighted by Crippen LogP contribution is 2.36. The number of aliphatic hydroxyl groups is 1. The summed E-state index contributed by atoms with van der Waals surface area (Å²) in [5.41, 5.74) is 0.755. The highest BCUT2D eigenvalue weighted by Gasteiger charge is 2.43. The van der Waals surface area contributed by atoms with Crippen LogP contribution in [0.25, 0.3) is 0 Å². The Morgan fingerprint density at radius 3 is 3.00 bits per heavy atom. The zero-order valence-corrected chi connectivity index (χ0v) is 10.4. The average molecular weight is 288 g/mol. The first-order chi connectivity index (χ1) is 7.80. The fourth-order valence-corrected chi connectivity index (χ4v) is 2.28. The van der Waals surface area contributed by atoms with E-state index in [1.165, 1.54) is 0 Å². The molecule has 1 saturated heterocycles. The fraction of sp³-hybridized carbons (Fsp3) is 0.545. The zero-order valence-electron chi connectivity index (χ0n) is 8.80. The summed E-state index contributed by atoms with van der Waals surface area (Å²) < 4.78 is 11.5. The molecule has 0 saturated carbocycles. The van der Waals surface area contributed by atoms with E-state index in [2.05, 4.69) is 20.9 Å². The van der Waals surface area contributed by atoms with Gasteiger partial charge in [-0.2, -0.15) is 0 Å². The van der Waals surface area contributed by atoms with Gasteiger partial charge in [-0.1, -0.05) is 22.0 Å². The third-order valence-corrected chi connectivity index (χ3v) is 2.94. The highest BCUT2D eigenvalue weighted by molar-refractivity contribution is 9.09. The first kappa shape index (κ1) is 12.0. The Balaban J connectivity index is 2.23. The topological polar surface area (TPSA) is 51.6 Å². The maximum absolute atomic E-state index is 9.08. The Hall–Kier alpha value is -0.490. The molecule has 1 aromatic rings. The molecule has 0 bridgehead atoms. The molecular weight excluding hydrogens is 274 g/mol. The van der Waals surface area contributed by atoms with Crippen molar-refractivity contribution in [2.75, 3.05) is 18.5 Å². The molecule has 2 atom stereocenters. The third kappa shape index (κ3) is 2.27. The van der Waals surface area contributed by atoms with Crippen LogP contribution in [0.3, 0.4) is 0 Å². The first-order valence-corrected chi connectivity index (χ1v) is 6.33. The summed E-state index contributed by atoms with van der Waals surface area (Å²) in [7, 11) is 0. The highest BCUT2D eigenvalue weighted by atomic mass is 79.9. The number of nitrogens with zero attached hydrogens (tertiary/aromatic N) is 1. The summed E-state index contributed by atoms with van der Waals surface area (Å²) >= 11 is 3.38. The maximum Gasteiger partial charge on any atom is 0.213 e. The van der Waals surface area contributed by atoms with Crippen molar-refractivity contribution in [3.63, 3.8) is 0 Å². The number of pyridine rings is 1. The van der Waals surface area contributed by atoms with Gasteiger partial charge in [0.1, 0.15) is 6.10 Å². The van der Waals surface area contributed by atoms with Gasteiger partial charge < -0.3 is 14.6 Å². The van der Waals surface area contributed by atoms with Crippen molar-refractivity contribution in [2.24, 2.45) is 0 Å². The Morgan fingerprint density at radius 1 is 1.56 bits per heavy atom. The summed E-state index contributed by atoms with van der Waals surface area (Å²) in [5, 5.41) is 9.83. The van der Waals surface area contributed by atoms with Crippen molar-refractivity contribution in [3.05, 3.63) is 30.1 Å². The summed E-state index contributed by atoms with van der Waals surface area (Å²) in [6, 6.07) is 5.63. The summed E-state index contributed by atoms with van der Waals surface area (Å²) in [6.07, 6.45) is 2.12. The van der Waals surface area contributed by atoms with Crippen LogP contribution >= 0.6 is 15.9 Å². The molecule has 16 heavy (non-hydrogen) atoms. The van der Waals surface area contributed by atoms with Crippen LogP contribution in [0.15, 0.2) is 24.4 Å². The van der Waals surface area contributed by atoms with Crippen molar-refractivity contribution >= 4 is 15.9 Å². The number of hydrogen-bond acceptors (Lipinski definition) is 4. The minimum Gasteiger partial charge on any atom is -0.394 e. The summed E-state index contributed by atoms with van der Waals surface area (Å²) in [4.78, 5) is 4.27. The van der Waals surface area contributed by atoms with Gasteiger partial charge in [-0.3, -0.25) is 4.98 Å². The monoisotopic (exact) mass is 287 g/mol. The maximum atomic E-state index is 9.08. The quantitative estimate of drug-likeness (QED) is 0.852. The minimum absolute atomic E-state index is 0.0309. The molecule has 2 heterocycles. The van der Waals surface area contributed by atoms with Crippen molar-refractivity contribution in [3.8, 4) is 0 Å². The van der Waals surface area contributed by atoms with Gasteiger partial charge in [0.2, 0.25) is 5.79 Å². The Kier molecular flexibility index (Phi) is 3.91. The molecule has 1 aliphatic rings. The number of aliphatic hydroxyl groups excluding tert-OH is 1. The second-order valence-corrected chi connectivity index (χ2v) is 4.43. The predicted molar refractivity (Wildman–Crippen MR) is 62.2 cm³/mol. The predicted octanol–water partition coefficient (Wildman–Crippen LogP) is 1.43. The van der Waals surface area contributed by atoms with Crippen LogP contribution in [0.5, 0.6) is 0 Å². The molecule has 5 heteroatoms. The molecule has 1 aliphatic heterocycles. The van der Waals surface area contributed by atoms with Crippen LogP contribution in [0.2, 0.25) is 0 Å². The molecule has 88 valence electrons. The van der Waals surface area contributed by atoms with Crippen molar-refractivity contribution < 1.29 is 14.6 Å². The standard InChI is InChI=1S/C11H14BrNO3/c12-5-4-11(10-3-1-2-6-13-10)15-8-9(7-14)16-11/h1-3,6,9,14H,4-5,7-8H2. The molecule has 2 rings (SSSR count). The molecular formula is C11H14BrNO3. The smallest absolute Gasteiger partial charge is 0.213 e. The van der Waals surface area contributed by atoms with Crippen LogP contribution in [0.1, 0.15) is 12.1 Å². The fourth-order valence-electron chi connectivity index (χ4n) is 1.76. The minimum atomic E-state index is -0.807. The van der Waals surface area contributed by atoms with Gasteiger partial charge in [-0.15, -0.1) is 0 Å². The van der Waals surface area contributed by atoms with E-state index in [4.69, 9.17) is 14.6 Å². The van der Waals surface area contributed by atoms with Crippen LogP contribution in [-0.2, 0) is 15.3 Å². The van der Waals surface area contributed by atoms with Gasteiger partial charge in [-0.05, 0) is 12.1 Å². The van der Waals surface area contributed by atoms with E-state index in [0.717, 1.165) is 11.0 Å². The van der Waals surface area contributed by atoms with Gasteiger partial charge in [-0.25, -0.2) is 0 Å². The van der Waals surface area contributed by atoms with Gasteiger partial charge >= 0.3 is 0 Å². The summed E-state index contributed by atoms with van der Waals surface area (Å²) in [5.74, 6) is -0.807. The number of rotatable bonds is 4. The first-order valence-electron chi connectivity index (χ1n) is 5.21. The van der Waals surface area contributed by atoms with E-state index < -0.39 is 5.79 Å². The molecule has 1 fully saturated rings. The summed E-state index contributed by atoms with van der Waals surface area (Å²) in [6.45, 7) is 0.372. The second-order valence-electron chi connectivity index (χ2n) is 3.64. The van der Waals surface area contributed by atoms with Crippen LogP contribution in [-0.4, -0.2) is 34.7 Å². The van der Waals surface area contributed by atoms with E-state index in [0.29, 0.717) is 13.0 Å². The lowest BCUT2D eigenvalue weighted by molar-refractivity contribution is -0.183. The van der Waals surface area contributed by atoms with Crippen molar-refractivity contribution in [1.82, 2.24) is 4.98 Å². The van der Waals surface area contributed by atoms with E-state index in [9.17, 15) is 0 Å². The molecule has 0 amide bonds. The van der Waals surface area contributed by atoms with Gasteiger partial charge in [0.05, 0.1) is 18.9 Å². The van der Waals surface area contributed by atoms with Crippen LogP contribution in [0, 0.1) is 0 Å². The molecule has 0 radical (unpaired) electrons. The van der Waals surface area contributed by atoms with E-state index in [-0.39, 0.29) is 12.7 Å². The molecule has 0 aromatic carbocycles. The Labute approximate surface area is 103 Å². The van der Waals surface area contributed by atoms with Crippen LogP contribution in [0.4, 0.5) is 0 Å². The molecule has 1 N–H and O–H groups in total. The molecule has 0 aliphatic carbocycles. The second kappa shape index (κ2) is 5.23. The Bertz CT molecular complexity index is 335. The number of halogens is 1. The number of aromatic nitrogens is 1. The van der Waals surface area contributed by atoms with Gasteiger partial charge in [0, 0.05) is 17.9 Å². The lowest BCUT2D eigenvalue weighted by Crippen LogP contribution is -2.30. The third-order valence-electron chi connectivity index (χ3n) is 2.54. The van der Waals surface area contributed by atoms with Crippen LogP contribution < -0.4 is 0 Å². The van der Waals surface area contributed by atoms with Gasteiger partial charge in [0.15, 0.2) is 0 Å². The lowest BCUT2D eigenvalue weighted by Gasteiger charge is -2.26. The largest absolute Gasteiger partial charge is 0.394 e. The Morgan fingerprint density at radius 2 is 2.44 bits per heavy atom. The lowest BCUT2D eigenvalue weighted by atomic mass is 10.1. The zero-order chi connectivity index (χ0) is 11.4. The van der Waals surface area contributed by atoms with E-state index >= 15 is 0 Å². The molecule has 0 spiro atoms. The van der Waals surface area contributed by atoms with Crippen molar-refractivity contribution in [1.29, 1.82) is 0 Å². The average Bonchev–Trinajstić information content (AvgIpc) is 2.76.